The van der Waals surface area contributed by atoms with Crippen LogP contribution in [0.15, 0.2) is 12.2 Å². The first-order chi connectivity index (χ1) is 13.2. The molecule has 0 aromatic rings. The molecule has 2 nitrogen and oxygen atoms in total. The van der Waals surface area contributed by atoms with E-state index in [0.717, 1.165) is 25.2 Å². The Morgan fingerprint density at radius 2 is 1.69 bits per heavy atom. The van der Waals surface area contributed by atoms with Crippen molar-refractivity contribution >= 4 is 8.32 Å². The maximum Gasteiger partial charge on any atom is 0.192 e. The van der Waals surface area contributed by atoms with E-state index in [1.165, 1.54) is 44.1 Å². The molecule has 0 amide bonds. The molecule has 0 saturated heterocycles. The number of hydrogen-bond acceptors (Lipinski definition) is 2. The molecule has 0 spiro atoms. The van der Waals surface area contributed by atoms with Crippen LogP contribution in [0.5, 0.6) is 0 Å². The van der Waals surface area contributed by atoms with E-state index in [1.54, 1.807) is 0 Å². The summed E-state index contributed by atoms with van der Waals surface area (Å²) in [5.74, 6) is 1.92. The quantitative estimate of drug-likeness (QED) is 0.383. The monoisotopic (exact) mass is 418 g/mol. The maximum atomic E-state index is 12.0. The van der Waals surface area contributed by atoms with Gasteiger partial charge in [-0.2, -0.15) is 0 Å². The zero-order chi connectivity index (χ0) is 21.5. The summed E-state index contributed by atoms with van der Waals surface area (Å²) >= 11 is 0. The van der Waals surface area contributed by atoms with Gasteiger partial charge in [0.2, 0.25) is 0 Å². The van der Waals surface area contributed by atoms with Gasteiger partial charge in [-0.25, -0.2) is 0 Å². The van der Waals surface area contributed by atoms with E-state index in [1.807, 2.05) is 0 Å². The summed E-state index contributed by atoms with van der Waals surface area (Å²) in [5, 5.41) is 12.2. The van der Waals surface area contributed by atoms with Gasteiger partial charge in [0.15, 0.2) is 8.32 Å². The molecule has 0 unspecified atom stereocenters. The summed E-state index contributed by atoms with van der Waals surface area (Å²) in [6.45, 7) is 21.1. The van der Waals surface area contributed by atoms with Crippen molar-refractivity contribution < 1.29 is 9.53 Å². The molecular weight excluding hydrogens is 372 g/mol. The average Bonchev–Trinajstić information content (AvgIpc) is 2.85. The van der Waals surface area contributed by atoms with Gasteiger partial charge < -0.3 is 9.53 Å². The molecule has 4 fully saturated rings. The molecule has 0 heterocycles. The van der Waals surface area contributed by atoms with Crippen LogP contribution in [-0.4, -0.2) is 25.1 Å². The molecule has 0 aromatic heterocycles. The fourth-order valence-corrected chi connectivity index (χ4v) is 9.19. The Morgan fingerprint density at radius 1 is 1.00 bits per heavy atom. The van der Waals surface area contributed by atoms with Crippen LogP contribution in [0.3, 0.4) is 0 Å². The first-order valence-corrected chi connectivity index (χ1v) is 15.2. The second-order valence-corrected chi connectivity index (χ2v) is 17.9. The predicted octanol–water partition coefficient (Wildman–Crippen LogP) is 7.09. The Labute approximate surface area is 181 Å². The van der Waals surface area contributed by atoms with Crippen LogP contribution in [-0.2, 0) is 4.43 Å². The van der Waals surface area contributed by atoms with Gasteiger partial charge in [0, 0.05) is 11.5 Å². The Morgan fingerprint density at radius 3 is 2.34 bits per heavy atom. The molecule has 0 bridgehead atoms. The SMILES string of the molecule is C=C1CC[C@]2(O)[C@@H]3CC[C@@H]4C[C@@H](O[Si](C)(C)C(C)(C)C)CC[C@]4(C)[C@H]3CC[C@]12C. The highest BCUT2D eigenvalue weighted by Crippen LogP contribution is 2.68. The fourth-order valence-electron chi connectivity index (χ4n) is 7.79. The fraction of sp³-hybridized carbons (Fsp3) is 0.923. The van der Waals surface area contributed by atoms with Gasteiger partial charge >= 0.3 is 0 Å². The second kappa shape index (κ2) is 6.69. The number of rotatable bonds is 2. The van der Waals surface area contributed by atoms with Gasteiger partial charge in [-0.1, -0.05) is 46.8 Å². The molecule has 0 radical (unpaired) electrons. The third kappa shape index (κ3) is 3.08. The molecule has 3 heteroatoms. The Hall–Kier alpha value is -0.123. The van der Waals surface area contributed by atoms with Crippen molar-refractivity contribution in [2.75, 3.05) is 0 Å². The standard InChI is InChI=1S/C26H46O2Si/c1-18-11-16-26(27)22-10-9-19-17-20(28-29(7,8)23(2,3)4)12-14-24(19,5)21(22)13-15-25(18,26)6/h19-22,27H,1,9-17H2,2-8H3/t19-,20+,21+,22-,24+,25-,26+/m1/s1. The molecule has 7 atom stereocenters. The Bertz CT molecular complexity index is 679. The summed E-state index contributed by atoms with van der Waals surface area (Å²) in [5.41, 5.74) is 1.16. The minimum absolute atomic E-state index is 0.0417. The first kappa shape index (κ1) is 22.1. The number of aliphatic hydroxyl groups is 1. The van der Waals surface area contributed by atoms with Gasteiger partial charge in [-0.05, 0) is 99.1 Å². The predicted molar refractivity (Wildman–Crippen MR) is 124 cm³/mol. The van der Waals surface area contributed by atoms with E-state index < -0.39 is 13.9 Å². The zero-order valence-corrected chi connectivity index (χ0v) is 21.2. The minimum atomic E-state index is -1.70. The Kier molecular flexibility index (Phi) is 5.09. The summed E-state index contributed by atoms with van der Waals surface area (Å²) < 4.78 is 6.87. The van der Waals surface area contributed by atoms with Crippen LogP contribution < -0.4 is 0 Å². The smallest absolute Gasteiger partial charge is 0.192 e. The normalized spacial score (nSPS) is 48.1. The number of fused-ring (bicyclic) bond motifs is 5. The van der Waals surface area contributed by atoms with Crippen molar-refractivity contribution in [3.63, 3.8) is 0 Å². The molecular formula is C26H46O2Si. The van der Waals surface area contributed by atoms with E-state index in [-0.39, 0.29) is 10.5 Å². The van der Waals surface area contributed by atoms with Crippen molar-refractivity contribution in [3.05, 3.63) is 12.2 Å². The zero-order valence-electron chi connectivity index (χ0n) is 20.2. The van der Waals surface area contributed by atoms with E-state index in [0.29, 0.717) is 23.4 Å². The molecule has 0 aliphatic heterocycles. The van der Waals surface area contributed by atoms with Crippen LogP contribution >= 0.6 is 0 Å². The van der Waals surface area contributed by atoms with Gasteiger partial charge in [0.25, 0.3) is 0 Å². The van der Waals surface area contributed by atoms with Gasteiger partial charge in [0.1, 0.15) is 0 Å². The molecule has 0 aromatic carbocycles. The highest BCUT2D eigenvalue weighted by atomic mass is 28.4. The van der Waals surface area contributed by atoms with Gasteiger partial charge in [-0.15, -0.1) is 0 Å². The number of hydrogen-bond donors (Lipinski definition) is 1. The van der Waals surface area contributed by atoms with Crippen LogP contribution in [0.2, 0.25) is 18.1 Å². The van der Waals surface area contributed by atoms with Crippen molar-refractivity contribution in [3.8, 4) is 0 Å². The molecule has 4 rings (SSSR count). The molecule has 29 heavy (non-hydrogen) atoms. The van der Waals surface area contributed by atoms with Crippen LogP contribution in [0, 0.1) is 28.6 Å². The molecule has 4 aliphatic carbocycles. The summed E-state index contributed by atoms with van der Waals surface area (Å²) in [4.78, 5) is 0. The van der Waals surface area contributed by atoms with E-state index in [9.17, 15) is 5.11 Å². The highest BCUT2D eigenvalue weighted by molar-refractivity contribution is 6.74. The minimum Gasteiger partial charge on any atom is -0.414 e. The van der Waals surface area contributed by atoms with Crippen molar-refractivity contribution in [2.45, 2.75) is 122 Å². The van der Waals surface area contributed by atoms with Crippen molar-refractivity contribution in [1.29, 1.82) is 0 Å². The largest absolute Gasteiger partial charge is 0.414 e. The lowest BCUT2D eigenvalue weighted by Crippen LogP contribution is -2.61. The summed E-state index contributed by atoms with van der Waals surface area (Å²) in [6, 6.07) is 0. The van der Waals surface area contributed by atoms with E-state index in [2.05, 4.69) is 54.3 Å². The van der Waals surface area contributed by atoms with Crippen molar-refractivity contribution in [1.82, 2.24) is 0 Å². The van der Waals surface area contributed by atoms with Crippen LogP contribution in [0.4, 0.5) is 0 Å². The summed E-state index contributed by atoms with van der Waals surface area (Å²) in [7, 11) is -1.70. The van der Waals surface area contributed by atoms with Gasteiger partial charge in [0.05, 0.1) is 5.60 Å². The molecule has 166 valence electrons. The lowest BCUT2D eigenvalue weighted by molar-refractivity contribution is -0.195. The van der Waals surface area contributed by atoms with Crippen LogP contribution in [0.25, 0.3) is 0 Å². The topological polar surface area (TPSA) is 29.5 Å². The molecule has 4 aliphatic rings. The third-order valence-electron chi connectivity index (χ3n) is 11.0. The lowest BCUT2D eigenvalue weighted by atomic mass is 9.44. The molecule has 1 N–H and O–H groups in total. The third-order valence-corrected chi connectivity index (χ3v) is 15.6. The van der Waals surface area contributed by atoms with Crippen molar-refractivity contribution in [2.24, 2.45) is 28.6 Å². The van der Waals surface area contributed by atoms with E-state index in [4.69, 9.17) is 4.43 Å². The summed E-state index contributed by atoms with van der Waals surface area (Å²) in [6.07, 6.45) is 11.1. The van der Waals surface area contributed by atoms with Gasteiger partial charge in [-0.3, -0.25) is 0 Å². The highest BCUT2D eigenvalue weighted by Gasteiger charge is 2.65. The first-order valence-electron chi connectivity index (χ1n) is 12.3. The Balaban J connectivity index is 1.52. The van der Waals surface area contributed by atoms with Crippen LogP contribution in [0.1, 0.15) is 92.4 Å². The maximum absolute atomic E-state index is 12.0. The average molecular weight is 419 g/mol. The second-order valence-electron chi connectivity index (χ2n) is 13.2. The molecule has 4 saturated carbocycles. The van der Waals surface area contributed by atoms with E-state index >= 15 is 0 Å². The lowest BCUT2D eigenvalue weighted by Gasteiger charge is -2.63.